The third kappa shape index (κ3) is 4.09. The van der Waals surface area contributed by atoms with Crippen molar-refractivity contribution >= 4 is 5.97 Å². The number of nitrogens with two attached hydrogens (primary N) is 1. The number of likely N-dealkylation sites (N-methyl/N-ethyl adjacent to an activating group) is 1. The Bertz CT molecular complexity index is 410. The fraction of sp³-hybridized carbons (Fsp3) is 0.462. The number of benzene rings is 1. The highest BCUT2D eigenvalue weighted by molar-refractivity contribution is 5.71. The predicted molar refractivity (Wildman–Crippen MR) is 67.3 cm³/mol. The second-order valence-corrected chi connectivity index (χ2v) is 4.00. The third-order valence-electron chi connectivity index (χ3n) is 2.81. The van der Waals surface area contributed by atoms with Crippen molar-refractivity contribution in [3.63, 3.8) is 0 Å². The Kier molecular flexibility index (Phi) is 5.74. The molecular weight excluding hydrogens is 235 g/mol. The van der Waals surface area contributed by atoms with Gasteiger partial charge in [-0.15, -0.1) is 0 Å². The number of carbonyl (C=O) groups is 1. The van der Waals surface area contributed by atoms with E-state index in [0.29, 0.717) is 13.1 Å². The van der Waals surface area contributed by atoms with Gasteiger partial charge in [-0.2, -0.15) is 0 Å². The van der Waals surface area contributed by atoms with Crippen molar-refractivity contribution in [1.82, 2.24) is 4.90 Å². The number of halogens is 1. The van der Waals surface area contributed by atoms with Crippen LogP contribution in [0.1, 0.15) is 18.1 Å². The van der Waals surface area contributed by atoms with E-state index in [9.17, 15) is 9.18 Å². The monoisotopic (exact) mass is 254 g/mol. The van der Waals surface area contributed by atoms with E-state index < -0.39 is 0 Å². The van der Waals surface area contributed by atoms with Crippen molar-refractivity contribution in [2.75, 3.05) is 20.2 Å². The molecule has 2 N–H and O–H groups in total. The minimum Gasteiger partial charge on any atom is -0.468 e. The molecule has 0 aliphatic carbocycles. The van der Waals surface area contributed by atoms with Gasteiger partial charge in [0.2, 0.25) is 0 Å². The minimum absolute atomic E-state index is 0.217. The van der Waals surface area contributed by atoms with Crippen LogP contribution in [-0.4, -0.2) is 31.1 Å². The van der Waals surface area contributed by atoms with E-state index in [1.54, 1.807) is 6.07 Å². The molecular formula is C13H19FN2O2. The van der Waals surface area contributed by atoms with Crippen LogP contribution >= 0.6 is 0 Å². The van der Waals surface area contributed by atoms with Crippen molar-refractivity contribution in [2.24, 2.45) is 5.73 Å². The van der Waals surface area contributed by atoms with Crippen LogP contribution in [0.5, 0.6) is 0 Å². The van der Waals surface area contributed by atoms with Crippen LogP contribution in [0.2, 0.25) is 0 Å². The molecule has 0 aromatic heterocycles. The molecule has 0 spiro atoms. The van der Waals surface area contributed by atoms with E-state index in [1.165, 1.54) is 19.2 Å². The summed E-state index contributed by atoms with van der Waals surface area (Å²) in [6, 6.07) is 4.54. The highest BCUT2D eigenvalue weighted by Crippen LogP contribution is 2.13. The van der Waals surface area contributed by atoms with Crippen LogP contribution in [0.3, 0.4) is 0 Å². The Morgan fingerprint density at radius 3 is 2.72 bits per heavy atom. The molecule has 100 valence electrons. The van der Waals surface area contributed by atoms with Crippen molar-refractivity contribution < 1.29 is 13.9 Å². The van der Waals surface area contributed by atoms with Crippen LogP contribution < -0.4 is 5.73 Å². The first kappa shape index (κ1) is 14.6. The lowest BCUT2D eigenvalue weighted by Crippen LogP contribution is -2.30. The van der Waals surface area contributed by atoms with Gasteiger partial charge in [0.15, 0.2) is 0 Å². The number of methoxy groups -OCH3 is 1. The van der Waals surface area contributed by atoms with Gasteiger partial charge in [-0.05, 0) is 29.8 Å². The van der Waals surface area contributed by atoms with E-state index in [2.05, 4.69) is 4.74 Å². The minimum atomic E-state index is -0.296. The molecule has 0 amide bonds. The number of hydrogen-bond donors (Lipinski definition) is 1. The molecule has 0 fully saturated rings. The van der Waals surface area contributed by atoms with Crippen molar-refractivity contribution in [3.8, 4) is 0 Å². The zero-order valence-electron chi connectivity index (χ0n) is 10.8. The first-order valence-corrected chi connectivity index (χ1v) is 5.87. The Morgan fingerprint density at radius 2 is 2.17 bits per heavy atom. The topological polar surface area (TPSA) is 55.6 Å². The number of ether oxygens (including phenoxy) is 1. The van der Waals surface area contributed by atoms with E-state index >= 15 is 0 Å². The average molecular weight is 254 g/mol. The molecule has 0 unspecified atom stereocenters. The van der Waals surface area contributed by atoms with E-state index in [4.69, 9.17) is 5.73 Å². The van der Waals surface area contributed by atoms with Crippen LogP contribution in [0.4, 0.5) is 4.39 Å². The Balaban J connectivity index is 2.78. The molecule has 0 heterocycles. The van der Waals surface area contributed by atoms with Gasteiger partial charge in [0.25, 0.3) is 0 Å². The summed E-state index contributed by atoms with van der Waals surface area (Å²) in [5, 5.41) is 0. The maximum absolute atomic E-state index is 13.1. The normalized spacial score (nSPS) is 10.7. The largest absolute Gasteiger partial charge is 0.468 e. The summed E-state index contributed by atoms with van der Waals surface area (Å²) in [7, 11) is 1.36. The van der Waals surface area contributed by atoms with Crippen LogP contribution in [0.15, 0.2) is 18.2 Å². The lowest BCUT2D eigenvalue weighted by molar-refractivity contribution is -0.142. The SMILES string of the molecule is CCN(CC(=O)OC)Cc1ccc(F)cc1CN. The van der Waals surface area contributed by atoms with Gasteiger partial charge in [-0.1, -0.05) is 13.0 Å². The molecule has 0 radical (unpaired) electrons. The number of carbonyl (C=O) groups excluding carboxylic acids is 1. The standard InChI is InChI=1S/C13H19FN2O2/c1-3-16(9-13(17)18-2)8-10-4-5-12(14)6-11(10)7-15/h4-6H,3,7-9,15H2,1-2H3. The van der Waals surface area contributed by atoms with Crippen LogP contribution in [0.25, 0.3) is 0 Å². The molecule has 0 bridgehead atoms. The van der Waals surface area contributed by atoms with Crippen molar-refractivity contribution in [3.05, 3.63) is 35.1 Å². The lowest BCUT2D eigenvalue weighted by Gasteiger charge is -2.20. The summed E-state index contributed by atoms with van der Waals surface area (Å²) in [6.07, 6.45) is 0. The van der Waals surface area contributed by atoms with Crippen molar-refractivity contribution in [1.29, 1.82) is 0 Å². The smallest absolute Gasteiger partial charge is 0.319 e. The molecule has 0 saturated heterocycles. The fourth-order valence-electron chi connectivity index (χ4n) is 1.71. The Labute approximate surface area is 107 Å². The predicted octanol–water partition coefficient (Wildman–Crippen LogP) is 1.28. The number of esters is 1. The third-order valence-corrected chi connectivity index (χ3v) is 2.81. The van der Waals surface area contributed by atoms with Gasteiger partial charge < -0.3 is 10.5 Å². The zero-order chi connectivity index (χ0) is 13.5. The molecule has 0 aliphatic rings. The van der Waals surface area contributed by atoms with Crippen LogP contribution in [0, 0.1) is 5.82 Å². The molecule has 5 heteroatoms. The first-order chi connectivity index (χ1) is 8.60. The highest BCUT2D eigenvalue weighted by atomic mass is 19.1. The number of rotatable bonds is 6. The maximum Gasteiger partial charge on any atom is 0.319 e. The molecule has 1 aromatic rings. The van der Waals surface area contributed by atoms with Crippen molar-refractivity contribution in [2.45, 2.75) is 20.0 Å². The highest BCUT2D eigenvalue weighted by Gasteiger charge is 2.12. The summed E-state index contributed by atoms with van der Waals surface area (Å²) < 4.78 is 17.7. The summed E-state index contributed by atoms with van der Waals surface area (Å²) in [5.41, 5.74) is 7.28. The molecule has 0 atom stereocenters. The van der Waals surface area contributed by atoms with Gasteiger partial charge in [0.05, 0.1) is 13.7 Å². The second kappa shape index (κ2) is 7.08. The van der Waals surface area contributed by atoms with E-state index in [0.717, 1.165) is 11.1 Å². The van der Waals surface area contributed by atoms with Crippen LogP contribution in [-0.2, 0) is 22.6 Å². The zero-order valence-corrected chi connectivity index (χ0v) is 10.8. The Morgan fingerprint density at radius 1 is 1.44 bits per heavy atom. The van der Waals surface area contributed by atoms with E-state index in [-0.39, 0.29) is 24.9 Å². The van der Waals surface area contributed by atoms with Gasteiger partial charge in [-0.25, -0.2) is 4.39 Å². The summed E-state index contributed by atoms with van der Waals surface area (Å²) in [5.74, 6) is -0.580. The molecule has 4 nitrogen and oxygen atoms in total. The van der Waals surface area contributed by atoms with Gasteiger partial charge in [0.1, 0.15) is 5.82 Å². The molecule has 1 aromatic carbocycles. The molecule has 0 aliphatic heterocycles. The number of nitrogens with zero attached hydrogens (tertiary/aromatic N) is 1. The quantitative estimate of drug-likeness (QED) is 0.777. The summed E-state index contributed by atoms with van der Waals surface area (Å²) >= 11 is 0. The molecule has 1 rings (SSSR count). The van der Waals surface area contributed by atoms with E-state index in [1.807, 2.05) is 11.8 Å². The van der Waals surface area contributed by atoms with Gasteiger partial charge in [-0.3, -0.25) is 9.69 Å². The first-order valence-electron chi connectivity index (χ1n) is 5.87. The fourth-order valence-corrected chi connectivity index (χ4v) is 1.71. The maximum atomic E-state index is 13.1. The van der Waals surface area contributed by atoms with Gasteiger partial charge >= 0.3 is 5.97 Å². The lowest BCUT2D eigenvalue weighted by atomic mass is 10.1. The second-order valence-electron chi connectivity index (χ2n) is 4.00. The Hall–Kier alpha value is -1.46. The average Bonchev–Trinajstić information content (AvgIpc) is 2.39. The summed E-state index contributed by atoms with van der Waals surface area (Å²) in [6.45, 7) is 3.71. The van der Waals surface area contributed by atoms with Gasteiger partial charge in [0, 0.05) is 13.1 Å². The number of hydrogen-bond acceptors (Lipinski definition) is 4. The molecule has 18 heavy (non-hydrogen) atoms. The molecule has 0 saturated carbocycles. The summed E-state index contributed by atoms with van der Waals surface area (Å²) in [4.78, 5) is 13.1.